The van der Waals surface area contributed by atoms with Crippen LogP contribution in [0.3, 0.4) is 0 Å². The van der Waals surface area contributed by atoms with Gasteiger partial charge in [-0.1, -0.05) is 5.21 Å². The molecule has 2 aromatic rings. The number of hydrogen-bond donors (Lipinski definition) is 1. The molecule has 1 aliphatic heterocycles. The van der Waals surface area contributed by atoms with Crippen LogP contribution in [-0.4, -0.2) is 50.0 Å². The van der Waals surface area contributed by atoms with Crippen molar-refractivity contribution in [1.82, 2.24) is 19.9 Å². The molecule has 0 bridgehead atoms. The molecular weight excluding hydrogens is 279 g/mol. The summed E-state index contributed by atoms with van der Waals surface area (Å²) in [5.74, 6) is -1.72. The van der Waals surface area contributed by atoms with Crippen LogP contribution in [0.5, 0.6) is 0 Å². The van der Waals surface area contributed by atoms with Gasteiger partial charge in [-0.15, -0.1) is 5.10 Å². The Bertz CT molecular complexity index is 692. The molecule has 1 N–H and O–H groups in total. The zero-order valence-corrected chi connectivity index (χ0v) is 10.8. The molecule has 0 spiro atoms. The van der Waals surface area contributed by atoms with Crippen molar-refractivity contribution in [2.75, 3.05) is 13.1 Å². The average Bonchev–Trinajstić information content (AvgIpc) is 2.87. The van der Waals surface area contributed by atoms with Crippen molar-refractivity contribution < 1.29 is 19.1 Å². The fourth-order valence-corrected chi connectivity index (χ4v) is 2.12. The number of carboxylic acids is 1. The molecule has 0 saturated carbocycles. The molecule has 0 unspecified atom stereocenters. The van der Waals surface area contributed by atoms with Gasteiger partial charge in [0, 0.05) is 18.7 Å². The van der Waals surface area contributed by atoms with Gasteiger partial charge in [-0.2, -0.15) is 0 Å². The van der Waals surface area contributed by atoms with Gasteiger partial charge in [0.1, 0.15) is 5.82 Å². The molecule has 3 rings (SSSR count). The predicted octanol–water partition coefficient (Wildman–Crippen LogP) is 0.812. The zero-order valence-electron chi connectivity index (χ0n) is 10.8. The molecule has 21 heavy (non-hydrogen) atoms. The van der Waals surface area contributed by atoms with E-state index >= 15 is 0 Å². The number of benzene rings is 1. The highest BCUT2D eigenvalue weighted by Gasteiger charge is 2.33. The molecule has 8 heteroatoms. The van der Waals surface area contributed by atoms with Crippen molar-refractivity contribution in [3.8, 4) is 0 Å². The van der Waals surface area contributed by atoms with Crippen molar-refractivity contribution in [2.24, 2.45) is 0 Å². The third-order valence-electron chi connectivity index (χ3n) is 3.34. The normalized spacial score (nSPS) is 14.8. The summed E-state index contributed by atoms with van der Waals surface area (Å²) in [6.07, 6.45) is 1.34. The number of aromatic carboxylic acids is 1. The lowest BCUT2D eigenvalue weighted by molar-refractivity contribution is 0.0497. The quantitative estimate of drug-likeness (QED) is 0.903. The van der Waals surface area contributed by atoms with Gasteiger partial charge in [-0.25, -0.2) is 13.9 Å². The Kier molecular flexibility index (Phi) is 3.13. The summed E-state index contributed by atoms with van der Waals surface area (Å²) in [6.45, 7) is 0.831. The summed E-state index contributed by atoms with van der Waals surface area (Å²) >= 11 is 0. The first-order valence-electron chi connectivity index (χ1n) is 6.24. The summed E-state index contributed by atoms with van der Waals surface area (Å²) in [4.78, 5) is 24.4. The molecule has 1 fully saturated rings. The molecule has 1 aromatic heterocycles. The number of carbonyl (C=O) groups is 2. The molecule has 1 saturated heterocycles. The van der Waals surface area contributed by atoms with Crippen molar-refractivity contribution >= 4 is 11.9 Å². The first-order valence-corrected chi connectivity index (χ1v) is 6.24. The van der Waals surface area contributed by atoms with E-state index in [2.05, 4.69) is 10.3 Å². The Balaban J connectivity index is 1.63. The largest absolute Gasteiger partial charge is 0.476 e. The Morgan fingerprint density at radius 2 is 1.90 bits per heavy atom. The minimum Gasteiger partial charge on any atom is -0.476 e. The molecular formula is C13H11FN4O3. The first kappa shape index (κ1) is 13.2. The van der Waals surface area contributed by atoms with Crippen LogP contribution >= 0.6 is 0 Å². The standard InChI is InChI=1S/C13H11FN4O3/c14-9-3-1-8(2-4-9)12(19)17-5-10(6-17)18-7-11(13(20)21)15-16-18/h1-4,7,10H,5-6H2,(H,20,21). The van der Waals surface area contributed by atoms with Crippen LogP contribution in [0.25, 0.3) is 0 Å². The van der Waals surface area contributed by atoms with Gasteiger partial charge in [-0.05, 0) is 24.3 Å². The predicted molar refractivity (Wildman–Crippen MR) is 68.3 cm³/mol. The number of carboxylic acid groups (broad SMARTS) is 1. The summed E-state index contributed by atoms with van der Waals surface area (Å²) in [5.41, 5.74) is 0.290. The maximum absolute atomic E-state index is 12.8. The molecule has 1 aliphatic rings. The molecule has 7 nitrogen and oxygen atoms in total. The number of carbonyl (C=O) groups excluding carboxylic acids is 1. The van der Waals surface area contributed by atoms with E-state index in [9.17, 15) is 14.0 Å². The van der Waals surface area contributed by atoms with Gasteiger partial charge in [0.25, 0.3) is 5.91 Å². The monoisotopic (exact) mass is 290 g/mol. The molecule has 0 radical (unpaired) electrons. The van der Waals surface area contributed by atoms with E-state index in [-0.39, 0.29) is 17.6 Å². The fraction of sp³-hybridized carbons (Fsp3) is 0.231. The number of halogens is 1. The van der Waals surface area contributed by atoms with E-state index in [1.54, 1.807) is 4.90 Å². The smallest absolute Gasteiger partial charge is 0.358 e. The van der Waals surface area contributed by atoms with Crippen molar-refractivity contribution in [2.45, 2.75) is 6.04 Å². The summed E-state index contributed by atoms with van der Waals surface area (Å²) in [5, 5.41) is 16.0. The number of hydrogen-bond acceptors (Lipinski definition) is 4. The number of rotatable bonds is 3. The highest BCUT2D eigenvalue weighted by molar-refractivity contribution is 5.94. The topological polar surface area (TPSA) is 88.3 Å². The van der Waals surface area contributed by atoms with E-state index in [1.807, 2.05) is 0 Å². The maximum atomic E-state index is 12.8. The molecule has 0 atom stereocenters. The van der Waals surface area contributed by atoms with Gasteiger partial charge in [0.15, 0.2) is 5.69 Å². The SMILES string of the molecule is O=C(O)c1cn(C2CN(C(=O)c3ccc(F)cc3)C2)nn1. The van der Waals surface area contributed by atoms with E-state index in [0.717, 1.165) is 0 Å². The van der Waals surface area contributed by atoms with Crippen LogP contribution in [0, 0.1) is 5.82 Å². The molecule has 1 aromatic carbocycles. The second-order valence-electron chi connectivity index (χ2n) is 4.76. The van der Waals surface area contributed by atoms with Crippen LogP contribution < -0.4 is 0 Å². The number of amides is 1. The number of aromatic nitrogens is 3. The summed E-state index contributed by atoms with van der Waals surface area (Å²) < 4.78 is 14.2. The van der Waals surface area contributed by atoms with E-state index in [4.69, 9.17) is 5.11 Å². The maximum Gasteiger partial charge on any atom is 0.358 e. The number of nitrogens with zero attached hydrogens (tertiary/aromatic N) is 4. The zero-order chi connectivity index (χ0) is 15.0. The van der Waals surface area contributed by atoms with Crippen LogP contribution in [0.4, 0.5) is 4.39 Å². The van der Waals surface area contributed by atoms with Crippen molar-refractivity contribution in [1.29, 1.82) is 0 Å². The highest BCUT2D eigenvalue weighted by Crippen LogP contribution is 2.22. The van der Waals surface area contributed by atoms with Crippen molar-refractivity contribution in [3.63, 3.8) is 0 Å². The van der Waals surface area contributed by atoms with Crippen LogP contribution in [-0.2, 0) is 0 Å². The van der Waals surface area contributed by atoms with E-state index in [1.165, 1.54) is 35.1 Å². The molecule has 1 amide bonds. The lowest BCUT2D eigenvalue weighted by Gasteiger charge is -2.38. The Labute approximate surface area is 118 Å². The van der Waals surface area contributed by atoms with E-state index < -0.39 is 11.8 Å². The molecule has 0 aliphatic carbocycles. The fourth-order valence-electron chi connectivity index (χ4n) is 2.12. The average molecular weight is 290 g/mol. The lowest BCUT2D eigenvalue weighted by Crippen LogP contribution is -2.50. The van der Waals surface area contributed by atoms with Crippen LogP contribution in [0.1, 0.15) is 26.9 Å². The van der Waals surface area contributed by atoms with Gasteiger partial charge in [0.05, 0.1) is 12.2 Å². The van der Waals surface area contributed by atoms with Crippen molar-refractivity contribution in [3.05, 3.63) is 47.5 Å². The van der Waals surface area contributed by atoms with Gasteiger partial charge < -0.3 is 10.0 Å². The first-order chi connectivity index (χ1) is 10.0. The van der Waals surface area contributed by atoms with Gasteiger partial charge in [0.2, 0.25) is 0 Å². The van der Waals surface area contributed by atoms with Crippen LogP contribution in [0.2, 0.25) is 0 Å². The van der Waals surface area contributed by atoms with Crippen LogP contribution in [0.15, 0.2) is 30.5 Å². The minimum absolute atomic E-state index is 0.0880. The third-order valence-corrected chi connectivity index (χ3v) is 3.34. The number of likely N-dealkylation sites (tertiary alicyclic amines) is 1. The summed E-state index contributed by atoms with van der Waals surface area (Å²) in [7, 11) is 0. The van der Waals surface area contributed by atoms with Gasteiger partial charge in [-0.3, -0.25) is 4.79 Å². The lowest BCUT2D eigenvalue weighted by atomic mass is 10.1. The third kappa shape index (κ3) is 2.47. The van der Waals surface area contributed by atoms with Gasteiger partial charge >= 0.3 is 5.97 Å². The van der Waals surface area contributed by atoms with E-state index in [0.29, 0.717) is 18.7 Å². The highest BCUT2D eigenvalue weighted by atomic mass is 19.1. The second-order valence-corrected chi connectivity index (χ2v) is 4.76. The Morgan fingerprint density at radius 3 is 2.48 bits per heavy atom. The summed E-state index contributed by atoms with van der Waals surface area (Å²) in [6, 6.07) is 5.25. The molecule has 2 heterocycles. The second kappa shape index (κ2) is 4.97. The Hall–Kier alpha value is -2.77. The minimum atomic E-state index is -1.14. The molecule has 108 valence electrons. The Morgan fingerprint density at radius 1 is 1.24 bits per heavy atom.